The summed E-state index contributed by atoms with van der Waals surface area (Å²) < 4.78 is 1.61. The molecule has 2 heterocycles. The Hall–Kier alpha value is -2.57. The SMILES string of the molecule is O=C(Nc1ccc(Cl)cc1Cl)c1nc(C(=O)NC2CC2)n2ccccc12. The van der Waals surface area contributed by atoms with Gasteiger partial charge in [0.25, 0.3) is 11.8 Å². The highest BCUT2D eigenvalue weighted by atomic mass is 35.5. The van der Waals surface area contributed by atoms with Crippen molar-refractivity contribution in [3.05, 3.63) is 64.2 Å². The molecule has 1 fully saturated rings. The summed E-state index contributed by atoms with van der Waals surface area (Å²) in [6.07, 6.45) is 3.64. The first-order valence-corrected chi connectivity index (χ1v) is 8.83. The molecule has 132 valence electrons. The fraction of sp³-hybridized carbons (Fsp3) is 0.167. The van der Waals surface area contributed by atoms with E-state index in [1.54, 1.807) is 47.0 Å². The van der Waals surface area contributed by atoms with Gasteiger partial charge < -0.3 is 10.6 Å². The van der Waals surface area contributed by atoms with Gasteiger partial charge in [-0.15, -0.1) is 0 Å². The van der Waals surface area contributed by atoms with E-state index in [0.717, 1.165) is 12.8 Å². The number of halogens is 2. The summed E-state index contributed by atoms with van der Waals surface area (Å²) in [6.45, 7) is 0. The fourth-order valence-electron chi connectivity index (χ4n) is 2.62. The number of carbonyl (C=O) groups is 2. The average molecular weight is 389 g/mol. The summed E-state index contributed by atoms with van der Waals surface area (Å²) in [5.74, 6) is -0.569. The van der Waals surface area contributed by atoms with Crippen molar-refractivity contribution < 1.29 is 9.59 Å². The van der Waals surface area contributed by atoms with Crippen LogP contribution >= 0.6 is 23.2 Å². The van der Waals surface area contributed by atoms with E-state index in [1.807, 2.05) is 0 Å². The fourth-order valence-corrected chi connectivity index (χ4v) is 3.07. The second kappa shape index (κ2) is 6.63. The molecular formula is C18H14Cl2N4O2. The van der Waals surface area contributed by atoms with Gasteiger partial charge >= 0.3 is 0 Å². The zero-order chi connectivity index (χ0) is 18.3. The third-order valence-corrected chi connectivity index (χ3v) is 4.61. The molecule has 2 amide bonds. The molecule has 2 N–H and O–H groups in total. The monoisotopic (exact) mass is 388 g/mol. The van der Waals surface area contributed by atoms with E-state index in [-0.39, 0.29) is 23.5 Å². The van der Waals surface area contributed by atoms with Gasteiger partial charge in [-0.25, -0.2) is 4.98 Å². The Balaban J connectivity index is 1.69. The molecule has 8 heteroatoms. The maximum absolute atomic E-state index is 12.7. The Morgan fingerprint density at radius 3 is 2.65 bits per heavy atom. The molecule has 0 unspecified atom stereocenters. The zero-order valence-corrected chi connectivity index (χ0v) is 15.0. The Morgan fingerprint density at radius 1 is 1.12 bits per heavy atom. The molecule has 1 aliphatic carbocycles. The van der Waals surface area contributed by atoms with Crippen LogP contribution in [0.25, 0.3) is 5.52 Å². The predicted octanol–water partition coefficient (Wildman–Crippen LogP) is 3.79. The van der Waals surface area contributed by atoms with Crippen LogP contribution in [0.2, 0.25) is 10.0 Å². The molecule has 0 saturated heterocycles. The molecule has 4 rings (SSSR count). The molecule has 0 bridgehead atoms. The standard InChI is InChI=1S/C18H14Cl2N4O2/c19-10-4-7-13(12(20)9-10)22-17(25)15-14-3-1-2-8-24(14)16(23-15)18(26)21-11-5-6-11/h1-4,7-9,11H,5-6H2,(H,21,26)(H,22,25). The number of pyridine rings is 1. The van der Waals surface area contributed by atoms with Gasteiger partial charge in [0.05, 0.1) is 16.2 Å². The number of aromatic nitrogens is 2. The number of nitrogens with one attached hydrogen (secondary N) is 2. The topological polar surface area (TPSA) is 75.5 Å². The number of amides is 2. The number of benzene rings is 1. The molecule has 0 aliphatic heterocycles. The highest BCUT2D eigenvalue weighted by molar-refractivity contribution is 6.36. The molecular weight excluding hydrogens is 375 g/mol. The number of hydrogen-bond acceptors (Lipinski definition) is 3. The molecule has 0 spiro atoms. The van der Waals surface area contributed by atoms with Crippen molar-refractivity contribution in [3.63, 3.8) is 0 Å². The highest BCUT2D eigenvalue weighted by Gasteiger charge is 2.27. The minimum absolute atomic E-state index is 0.151. The van der Waals surface area contributed by atoms with E-state index in [1.165, 1.54) is 0 Å². The lowest BCUT2D eigenvalue weighted by atomic mass is 10.3. The van der Waals surface area contributed by atoms with Crippen LogP contribution in [0.5, 0.6) is 0 Å². The largest absolute Gasteiger partial charge is 0.347 e. The van der Waals surface area contributed by atoms with Crippen LogP contribution in [0.3, 0.4) is 0 Å². The van der Waals surface area contributed by atoms with Crippen LogP contribution in [-0.2, 0) is 0 Å². The van der Waals surface area contributed by atoms with E-state index in [9.17, 15) is 9.59 Å². The van der Waals surface area contributed by atoms with E-state index in [0.29, 0.717) is 21.2 Å². The minimum atomic E-state index is -0.455. The van der Waals surface area contributed by atoms with Crippen LogP contribution < -0.4 is 10.6 Å². The Bertz CT molecular complexity index is 1030. The molecule has 3 aromatic rings. The van der Waals surface area contributed by atoms with E-state index < -0.39 is 5.91 Å². The van der Waals surface area contributed by atoms with Gasteiger partial charge in [-0.1, -0.05) is 29.3 Å². The molecule has 1 aliphatic rings. The predicted molar refractivity (Wildman–Crippen MR) is 100 cm³/mol. The summed E-state index contributed by atoms with van der Waals surface area (Å²) in [5.41, 5.74) is 1.11. The van der Waals surface area contributed by atoms with Crippen molar-refractivity contribution in [2.75, 3.05) is 5.32 Å². The van der Waals surface area contributed by atoms with Gasteiger partial charge in [0, 0.05) is 17.3 Å². The summed E-state index contributed by atoms with van der Waals surface area (Å²) >= 11 is 12.0. The molecule has 1 saturated carbocycles. The number of nitrogens with zero attached hydrogens (tertiary/aromatic N) is 2. The van der Waals surface area contributed by atoms with Crippen molar-refractivity contribution in [2.24, 2.45) is 0 Å². The Kier molecular flexibility index (Phi) is 4.30. The number of imidazole rings is 1. The highest BCUT2D eigenvalue weighted by Crippen LogP contribution is 2.26. The second-order valence-corrected chi connectivity index (χ2v) is 6.91. The number of anilines is 1. The Labute approximate surface area is 159 Å². The first-order valence-electron chi connectivity index (χ1n) is 8.07. The van der Waals surface area contributed by atoms with E-state index in [2.05, 4.69) is 15.6 Å². The number of fused-ring (bicyclic) bond motifs is 1. The average Bonchev–Trinajstić information content (AvgIpc) is 3.34. The Morgan fingerprint density at radius 2 is 1.92 bits per heavy atom. The smallest absolute Gasteiger partial charge is 0.287 e. The molecule has 0 radical (unpaired) electrons. The number of rotatable bonds is 4. The summed E-state index contributed by atoms with van der Waals surface area (Å²) in [5, 5.41) is 6.40. The minimum Gasteiger partial charge on any atom is -0.347 e. The lowest BCUT2D eigenvalue weighted by Gasteiger charge is -2.06. The molecule has 1 aromatic carbocycles. The summed E-state index contributed by atoms with van der Waals surface area (Å²) in [6, 6.07) is 10.3. The third-order valence-electron chi connectivity index (χ3n) is 4.06. The zero-order valence-electron chi connectivity index (χ0n) is 13.5. The summed E-state index contributed by atoms with van der Waals surface area (Å²) in [7, 11) is 0. The first-order chi connectivity index (χ1) is 12.5. The lowest BCUT2D eigenvalue weighted by molar-refractivity contribution is 0.0940. The summed E-state index contributed by atoms with van der Waals surface area (Å²) in [4.78, 5) is 29.4. The van der Waals surface area contributed by atoms with Crippen LogP contribution in [0.1, 0.15) is 33.9 Å². The normalized spacial score (nSPS) is 13.6. The van der Waals surface area contributed by atoms with Gasteiger partial charge in [0.1, 0.15) is 0 Å². The van der Waals surface area contributed by atoms with Crippen molar-refractivity contribution >= 4 is 46.2 Å². The van der Waals surface area contributed by atoms with Crippen LogP contribution in [-0.4, -0.2) is 27.2 Å². The molecule has 26 heavy (non-hydrogen) atoms. The number of hydrogen-bond donors (Lipinski definition) is 2. The van der Waals surface area contributed by atoms with Gasteiger partial charge in [-0.2, -0.15) is 0 Å². The van der Waals surface area contributed by atoms with Gasteiger partial charge in [-0.05, 0) is 43.2 Å². The lowest BCUT2D eigenvalue weighted by Crippen LogP contribution is -2.27. The van der Waals surface area contributed by atoms with Gasteiger partial charge in [0.2, 0.25) is 5.82 Å². The molecule has 0 atom stereocenters. The second-order valence-electron chi connectivity index (χ2n) is 6.07. The van der Waals surface area contributed by atoms with Gasteiger partial charge in [0.15, 0.2) is 5.69 Å². The van der Waals surface area contributed by atoms with Crippen molar-refractivity contribution in [1.82, 2.24) is 14.7 Å². The quantitative estimate of drug-likeness (QED) is 0.713. The first kappa shape index (κ1) is 16.9. The van der Waals surface area contributed by atoms with Gasteiger partial charge in [-0.3, -0.25) is 14.0 Å². The number of carbonyl (C=O) groups excluding carboxylic acids is 2. The molecule has 6 nitrogen and oxygen atoms in total. The van der Waals surface area contributed by atoms with Crippen LogP contribution in [0.4, 0.5) is 5.69 Å². The van der Waals surface area contributed by atoms with E-state index in [4.69, 9.17) is 23.2 Å². The van der Waals surface area contributed by atoms with Crippen molar-refractivity contribution in [1.29, 1.82) is 0 Å². The third kappa shape index (κ3) is 3.25. The maximum Gasteiger partial charge on any atom is 0.287 e. The molecule has 2 aromatic heterocycles. The van der Waals surface area contributed by atoms with Crippen LogP contribution in [0.15, 0.2) is 42.6 Å². The maximum atomic E-state index is 12.7. The van der Waals surface area contributed by atoms with E-state index >= 15 is 0 Å². The van der Waals surface area contributed by atoms with Crippen molar-refractivity contribution in [2.45, 2.75) is 18.9 Å². The van der Waals surface area contributed by atoms with Crippen LogP contribution in [0, 0.1) is 0 Å². The van der Waals surface area contributed by atoms with Crippen molar-refractivity contribution in [3.8, 4) is 0 Å².